The summed E-state index contributed by atoms with van der Waals surface area (Å²) in [5, 5.41) is 15.0. The number of amides is 1. The van der Waals surface area contributed by atoms with E-state index in [9.17, 15) is 9.90 Å². The number of thiophene rings is 1. The molecule has 0 aliphatic heterocycles. The van der Waals surface area contributed by atoms with E-state index < -0.39 is 5.60 Å². The average Bonchev–Trinajstić information content (AvgIpc) is 3.18. The van der Waals surface area contributed by atoms with Crippen molar-refractivity contribution in [1.82, 2.24) is 15.3 Å². The van der Waals surface area contributed by atoms with Crippen molar-refractivity contribution in [3.05, 3.63) is 46.2 Å². The summed E-state index contributed by atoms with van der Waals surface area (Å²) in [4.78, 5) is 21.5. The average molecular weight is 303 g/mol. The van der Waals surface area contributed by atoms with Crippen molar-refractivity contribution in [2.75, 3.05) is 6.54 Å². The first-order valence-electron chi connectivity index (χ1n) is 6.94. The molecule has 0 saturated heterocycles. The number of carbonyl (C=O) groups is 1. The lowest BCUT2D eigenvalue weighted by Crippen LogP contribution is -2.38. The van der Waals surface area contributed by atoms with Crippen LogP contribution >= 0.6 is 11.3 Å². The Hall–Kier alpha value is -1.79. The van der Waals surface area contributed by atoms with Gasteiger partial charge in [0, 0.05) is 17.0 Å². The fourth-order valence-corrected chi connectivity index (χ4v) is 2.84. The lowest BCUT2D eigenvalue weighted by atomic mass is 10.1. The molecule has 110 valence electrons. The summed E-state index contributed by atoms with van der Waals surface area (Å²) in [5.74, 6) is 0.871. The number of hydrogen-bond donors (Lipinski definition) is 2. The number of carbonyl (C=O) groups excluding carboxylic acids is 1. The van der Waals surface area contributed by atoms with Crippen molar-refractivity contribution in [1.29, 1.82) is 0 Å². The fraction of sp³-hybridized carbons (Fsp3) is 0.400. The van der Waals surface area contributed by atoms with Gasteiger partial charge in [0.15, 0.2) is 0 Å². The molecule has 3 rings (SSSR count). The molecule has 0 radical (unpaired) electrons. The number of nitrogens with one attached hydrogen (secondary N) is 1. The standard InChI is InChI=1S/C15H17N3O2S/c1-15(20,12-3-2-8-21-12)9-17-14(19)11-6-7-16-13(18-11)10-4-5-10/h2-3,6-8,10,20H,4-5,9H2,1H3,(H,17,19). The van der Waals surface area contributed by atoms with Crippen LogP contribution in [-0.4, -0.2) is 27.5 Å². The summed E-state index contributed by atoms with van der Waals surface area (Å²) in [7, 11) is 0. The largest absolute Gasteiger partial charge is 0.383 e. The Kier molecular flexibility index (Phi) is 3.73. The van der Waals surface area contributed by atoms with Crippen LogP contribution < -0.4 is 5.32 Å². The Labute approximate surface area is 127 Å². The molecule has 2 N–H and O–H groups in total. The van der Waals surface area contributed by atoms with Gasteiger partial charge in [-0.2, -0.15) is 0 Å². The first-order chi connectivity index (χ1) is 10.1. The Morgan fingerprint density at radius 1 is 1.52 bits per heavy atom. The van der Waals surface area contributed by atoms with E-state index in [-0.39, 0.29) is 12.5 Å². The van der Waals surface area contributed by atoms with Gasteiger partial charge in [-0.25, -0.2) is 9.97 Å². The topological polar surface area (TPSA) is 75.1 Å². The molecule has 1 atom stereocenters. The zero-order chi connectivity index (χ0) is 14.9. The highest BCUT2D eigenvalue weighted by molar-refractivity contribution is 7.10. The van der Waals surface area contributed by atoms with Crippen LogP contribution in [0.15, 0.2) is 29.8 Å². The Bertz CT molecular complexity index is 636. The quantitative estimate of drug-likeness (QED) is 0.886. The number of aliphatic hydroxyl groups is 1. The van der Waals surface area contributed by atoms with Gasteiger partial charge in [-0.3, -0.25) is 4.79 Å². The minimum atomic E-state index is -1.07. The summed E-state index contributed by atoms with van der Waals surface area (Å²) in [6.07, 6.45) is 3.81. The van der Waals surface area contributed by atoms with Crippen molar-refractivity contribution in [3.8, 4) is 0 Å². The molecule has 0 spiro atoms. The maximum atomic E-state index is 12.1. The molecular weight excluding hydrogens is 286 g/mol. The van der Waals surface area contributed by atoms with Gasteiger partial charge in [0.25, 0.3) is 5.91 Å². The summed E-state index contributed by atoms with van der Waals surface area (Å²) >= 11 is 1.47. The van der Waals surface area contributed by atoms with Gasteiger partial charge in [0.05, 0.1) is 6.54 Å². The van der Waals surface area contributed by atoms with Crippen LogP contribution in [0.5, 0.6) is 0 Å². The number of aromatic nitrogens is 2. The van der Waals surface area contributed by atoms with E-state index in [0.29, 0.717) is 11.6 Å². The lowest BCUT2D eigenvalue weighted by Gasteiger charge is -2.22. The summed E-state index contributed by atoms with van der Waals surface area (Å²) in [6.45, 7) is 1.84. The molecule has 1 saturated carbocycles. The predicted octanol–water partition coefficient (Wildman–Crippen LogP) is 2.05. The van der Waals surface area contributed by atoms with Crippen molar-refractivity contribution in [2.45, 2.75) is 31.3 Å². The second-order valence-corrected chi connectivity index (χ2v) is 6.46. The molecule has 1 fully saturated rings. The van der Waals surface area contributed by atoms with Crippen LogP contribution in [0, 0.1) is 0 Å². The molecule has 0 bridgehead atoms. The van der Waals surface area contributed by atoms with E-state index >= 15 is 0 Å². The molecule has 21 heavy (non-hydrogen) atoms. The second kappa shape index (κ2) is 5.54. The predicted molar refractivity (Wildman–Crippen MR) is 80.2 cm³/mol. The van der Waals surface area contributed by atoms with Crippen LogP contribution in [0.2, 0.25) is 0 Å². The maximum absolute atomic E-state index is 12.1. The van der Waals surface area contributed by atoms with E-state index in [4.69, 9.17) is 0 Å². The highest BCUT2D eigenvalue weighted by Gasteiger charge is 2.28. The van der Waals surface area contributed by atoms with Crippen LogP contribution in [0.25, 0.3) is 0 Å². The van der Waals surface area contributed by atoms with Gasteiger partial charge in [-0.1, -0.05) is 6.07 Å². The first-order valence-corrected chi connectivity index (χ1v) is 7.82. The zero-order valence-corrected chi connectivity index (χ0v) is 12.6. The molecule has 0 aromatic carbocycles. The van der Waals surface area contributed by atoms with E-state index in [1.54, 1.807) is 19.2 Å². The molecule has 1 unspecified atom stereocenters. The normalized spacial score (nSPS) is 17.2. The second-order valence-electron chi connectivity index (χ2n) is 5.51. The van der Waals surface area contributed by atoms with Crippen LogP contribution in [0.3, 0.4) is 0 Å². The van der Waals surface area contributed by atoms with Crippen LogP contribution in [0.4, 0.5) is 0 Å². The minimum Gasteiger partial charge on any atom is -0.383 e. The van der Waals surface area contributed by atoms with Gasteiger partial charge >= 0.3 is 0 Å². The Morgan fingerprint density at radius 3 is 3.00 bits per heavy atom. The monoisotopic (exact) mass is 303 g/mol. The van der Waals surface area contributed by atoms with Gasteiger partial charge in [0.1, 0.15) is 17.1 Å². The highest BCUT2D eigenvalue weighted by atomic mass is 32.1. The summed E-state index contributed by atoms with van der Waals surface area (Å²) in [5.41, 5.74) is -0.718. The highest BCUT2D eigenvalue weighted by Crippen LogP contribution is 2.37. The van der Waals surface area contributed by atoms with Gasteiger partial charge in [-0.15, -0.1) is 11.3 Å². The number of hydrogen-bond acceptors (Lipinski definition) is 5. The van der Waals surface area contributed by atoms with E-state index in [0.717, 1.165) is 23.5 Å². The van der Waals surface area contributed by atoms with Gasteiger partial charge in [-0.05, 0) is 37.3 Å². The molecule has 5 nitrogen and oxygen atoms in total. The summed E-state index contributed by atoms with van der Waals surface area (Å²) in [6, 6.07) is 5.33. The maximum Gasteiger partial charge on any atom is 0.270 e. The third-order valence-electron chi connectivity index (χ3n) is 3.49. The van der Waals surface area contributed by atoms with E-state index in [1.807, 2.05) is 17.5 Å². The Balaban J connectivity index is 1.65. The van der Waals surface area contributed by atoms with Gasteiger partial charge in [0.2, 0.25) is 0 Å². The van der Waals surface area contributed by atoms with E-state index in [2.05, 4.69) is 15.3 Å². The van der Waals surface area contributed by atoms with Crippen molar-refractivity contribution >= 4 is 17.2 Å². The van der Waals surface area contributed by atoms with Gasteiger partial charge < -0.3 is 10.4 Å². The third-order valence-corrected chi connectivity index (χ3v) is 4.62. The molecule has 6 heteroatoms. The molecule has 1 amide bonds. The van der Waals surface area contributed by atoms with Crippen molar-refractivity contribution < 1.29 is 9.90 Å². The molecular formula is C15H17N3O2S. The first kappa shape index (κ1) is 14.2. The third kappa shape index (κ3) is 3.28. The Morgan fingerprint density at radius 2 is 2.33 bits per heavy atom. The number of rotatable bonds is 5. The van der Waals surface area contributed by atoms with Crippen LogP contribution in [0.1, 0.15) is 46.9 Å². The lowest BCUT2D eigenvalue weighted by molar-refractivity contribution is 0.0555. The number of nitrogens with zero attached hydrogens (tertiary/aromatic N) is 2. The molecule has 2 heterocycles. The summed E-state index contributed by atoms with van der Waals surface area (Å²) < 4.78 is 0. The van der Waals surface area contributed by atoms with Crippen molar-refractivity contribution in [3.63, 3.8) is 0 Å². The van der Waals surface area contributed by atoms with Crippen molar-refractivity contribution in [2.24, 2.45) is 0 Å². The molecule has 1 aliphatic rings. The molecule has 2 aromatic rings. The molecule has 2 aromatic heterocycles. The fourth-order valence-electron chi connectivity index (χ4n) is 2.05. The van der Waals surface area contributed by atoms with Crippen LogP contribution in [-0.2, 0) is 5.60 Å². The molecule has 1 aliphatic carbocycles. The smallest absolute Gasteiger partial charge is 0.270 e. The minimum absolute atomic E-state index is 0.148. The zero-order valence-electron chi connectivity index (χ0n) is 11.7. The SMILES string of the molecule is CC(O)(CNC(=O)c1ccnc(C2CC2)n1)c1cccs1. The van der Waals surface area contributed by atoms with E-state index in [1.165, 1.54) is 11.3 Å².